The average molecular weight is 236 g/mol. The molecule has 1 aromatic carbocycles. The first-order valence-corrected chi connectivity index (χ1v) is 5.74. The highest BCUT2D eigenvalue weighted by atomic mass is 16.6. The number of benzene rings is 1. The first-order chi connectivity index (χ1) is 8.11. The molecule has 1 N–H and O–H groups in total. The lowest BCUT2D eigenvalue weighted by molar-refractivity contribution is -0.386. The molecule has 1 saturated heterocycles. The van der Waals surface area contributed by atoms with Crippen molar-refractivity contribution in [2.24, 2.45) is 0 Å². The Balaban J connectivity index is 2.20. The monoisotopic (exact) mass is 236 g/mol. The topological polar surface area (TPSA) is 64.4 Å². The molecule has 0 bridgehead atoms. The van der Waals surface area contributed by atoms with Crippen molar-refractivity contribution in [1.29, 1.82) is 0 Å². The Morgan fingerprint density at radius 3 is 2.65 bits per heavy atom. The number of piperidine rings is 1. The van der Waals surface area contributed by atoms with Gasteiger partial charge in [-0.1, -0.05) is 12.1 Å². The van der Waals surface area contributed by atoms with Gasteiger partial charge in [0.1, 0.15) is 5.60 Å². The summed E-state index contributed by atoms with van der Waals surface area (Å²) in [6, 6.07) is 6.54. The smallest absolute Gasteiger partial charge is 0.310 e. The number of nitro benzene ring substituents is 1. The number of nitrogens with zero attached hydrogens (tertiary/aromatic N) is 1. The van der Waals surface area contributed by atoms with E-state index in [9.17, 15) is 10.1 Å². The zero-order valence-corrected chi connectivity index (χ0v) is 9.81. The normalized spacial score (nSPS) is 18.6. The van der Waals surface area contributed by atoms with Crippen molar-refractivity contribution in [3.63, 3.8) is 0 Å². The van der Waals surface area contributed by atoms with Crippen molar-refractivity contribution >= 4 is 5.69 Å². The zero-order chi connectivity index (χ0) is 12.3. The van der Waals surface area contributed by atoms with Crippen LogP contribution in [0, 0.1) is 10.1 Å². The molecule has 2 rings (SSSR count). The summed E-state index contributed by atoms with van der Waals surface area (Å²) in [5.41, 5.74) is -0.274. The fourth-order valence-electron chi connectivity index (χ4n) is 2.02. The van der Waals surface area contributed by atoms with Crippen molar-refractivity contribution in [3.05, 3.63) is 34.4 Å². The lowest BCUT2D eigenvalue weighted by atomic mass is 9.94. The molecule has 1 aliphatic heterocycles. The molecule has 5 heteroatoms. The molecule has 17 heavy (non-hydrogen) atoms. The summed E-state index contributed by atoms with van der Waals surface area (Å²) < 4.78 is 5.85. The van der Waals surface area contributed by atoms with Gasteiger partial charge in [0.05, 0.1) is 4.92 Å². The van der Waals surface area contributed by atoms with Crippen LogP contribution in [0.5, 0.6) is 5.75 Å². The highest BCUT2D eigenvalue weighted by Crippen LogP contribution is 2.32. The lowest BCUT2D eigenvalue weighted by Gasteiger charge is -2.34. The van der Waals surface area contributed by atoms with Crippen molar-refractivity contribution in [2.45, 2.75) is 25.4 Å². The zero-order valence-electron chi connectivity index (χ0n) is 9.81. The second kappa shape index (κ2) is 4.71. The van der Waals surface area contributed by atoms with Crippen LogP contribution in [0.15, 0.2) is 24.3 Å². The predicted octanol–water partition coefficient (Wildman–Crippen LogP) is 2.12. The van der Waals surface area contributed by atoms with Gasteiger partial charge in [-0.15, -0.1) is 0 Å². The molecule has 0 spiro atoms. The minimum atomic E-state index is -0.403. The third-order valence-electron chi connectivity index (χ3n) is 3.08. The number of rotatable bonds is 3. The molecule has 92 valence electrons. The van der Waals surface area contributed by atoms with Crippen LogP contribution in [0.25, 0.3) is 0 Å². The van der Waals surface area contributed by atoms with Crippen LogP contribution in [-0.4, -0.2) is 23.6 Å². The third kappa shape index (κ3) is 2.74. The summed E-state index contributed by atoms with van der Waals surface area (Å²) in [7, 11) is 0. The standard InChI is InChI=1S/C12H16N2O3/c1-12(6-8-13-9-7-12)17-11-5-3-2-4-10(11)14(15)16/h2-5,13H,6-9H2,1H3. The van der Waals surface area contributed by atoms with E-state index in [1.54, 1.807) is 18.2 Å². The van der Waals surface area contributed by atoms with Crippen molar-refractivity contribution in [2.75, 3.05) is 13.1 Å². The highest BCUT2D eigenvalue weighted by molar-refractivity contribution is 5.46. The number of nitro groups is 1. The van der Waals surface area contributed by atoms with E-state index in [-0.39, 0.29) is 11.3 Å². The van der Waals surface area contributed by atoms with E-state index in [2.05, 4.69) is 5.32 Å². The average Bonchev–Trinajstić information content (AvgIpc) is 2.29. The van der Waals surface area contributed by atoms with E-state index in [1.807, 2.05) is 6.92 Å². The molecule has 0 aromatic heterocycles. The Bertz CT molecular complexity index is 414. The van der Waals surface area contributed by atoms with Crippen molar-refractivity contribution in [1.82, 2.24) is 5.32 Å². The minimum Gasteiger partial charge on any atom is -0.480 e. The summed E-state index contributed by atoms with van der Waals surface area (Å²) in [6.45, 7) is 3.78. The predicted molar refractivity (Wildman–Crippen MR) is 64.2 cm³/mol. The van der Waals surface area contributed by atoms with Gasteiger partial charge in [0, 0.05) is 6.07 Å². The van der Waals surface area contributed by atoms with Crippen molar-refractivity contribution in [3.8, 4) is 5.75 Å². The van der Waals surface area contributed by atoms with E-state index in [0.29, 0.717) is 5.75 Å². The van der Waals surface area contributed by atoms with E-state index in [4.69, 9.17) is 4.74 Å². The Morgan fingerprint density at radius 2 is 2.00 bits per heavy atom. The van der Waals surface area contributed by atoms with Crippen LogP contribution in [0.2, 0.25) is 0 Å². The fraction of sp³-hybridized carbons (Fsp3) is 0.500. The van der Waals surface area contributed by atoms with Gasteiger partial charge in [0.25, 0.3) is 0 Å². The molecule has 5 nitrogen and oxygen atoms in total. The van der Waals surface area contributed by atoms with Crippen LogP contribution in [0.1, 0.15) is 19.8 Å². The molecule has 1 heterocycles. The Hall–Kier alpha value is -1.62. The van der Waals surface area contributed by atoms with Crippen LogP contribution >= 0.6 is 0 Å². The van der Waals surface area contributed by atoms with Gasteiger partial charge in [-0.3, -0.25) is 10.1 Å². The molecule has 0 atom stereocenters. The summed E-state index contributed by atoms with van der Waals surface area (Å²) in [6.07, 6.45) is 1.72. The Morgan fingerprint density at radius 1 is 1.35 bits per heavy atom. The molecule has 0 aliphatic carbocycles. The summed E-state index contributed by atoms with van der Waals surface area (Å²) in [5, 5.41) is 14.1. The molecular formula is C12H16N2O3. The first kappa shape index (κ1) is 11.9. The Kier molecular flexibility index (Phi) is 3.28. The molecule has 1 aromatic rings. The molecule has 1 fully saturated rings. The van der Waals surface area contributed by atoms with E-state index in [1.165, 1.54) is 6.07 Å². The maximum atomic E-state index is 10.9. The maximum absolute atomic E-state index is 10.9. The summed E-state index contributed by atoms with van der Waals surface area (Å²) in [5.74, 6) is 0.363. The van der Waals surface area contributed by atoms with Crippen molar-refractivity contribution < 1.29 is 9.66 Å². The number of ether oxygens (including phenoxy) is 1. The fourth-order valence-corrected chi connectivity index (χ4v) is 2.02. The quantitative estimate of drug-likeness (QED) is 0.645. The lowest BCUT2D eigenvalue weighted by Crippen LogP contribution is -2.43. The largest absolute Gasteiger partial charge is 0.480 e. The van der Waals surface area contributed by atoms with Crippen LogP contribution < -0.4 is 10.1 Å². The second-order valence-electron chi connectivity index (χ2n) is 4.53. The number of para-hydroxylation sites is 2. The van der Waals surface area contributed by atoms with Gasteiger partial charge in [-0.2, -0.15) is 0 Å². The minimum absolute atomic E-state index is 0.0345. The summed E-state index contributed by atoms with van der Waals surface area (Å²) in [4.78, 5) is 10.5. The van der Waals surface area contributed by atoms with Gasteiger partial charge >= 0.3 is 5.69 Å². The highest BCUT2D eigenvalue weighted by Gasteiger charge is 2.30. The molecule has 0 amide bonds. The molecule has 0 saturated carbocycles. The van der Waals surface area contributed by atoms with Crippen LogP contribution in [-0.2, 0) is 0 Å². The number of hydrogen-bond acceptors (Lipinski definition) is 4. The second-order valence-corrected chi connectivity index (χ2v) is 4.53. The number of nitrogens with one attached hydrogen (secondary N) is 1. The van der Waals surface area contributed by atoms with Gasteiger partial charge in [0.15, 0.2) is 5.75 Å². The van der Waals surface area contributed by atoms with Gasteiger partial charge in [0.2, 0.25) is 0 Å². The van der Waals surface area contributed by atoms with Gasteiger partial charge in [-0.05, 0) is 38.9 Å². The summed E-state index contributed by atoms with van der Waals surface area (Å²) >= 11 is 0. The van der Waals surface area contributed by atoms with E-state index < -0.39 is 4.92 Å². The van der Waals surface area contributed by atoms with Gasteiger partial charge < -0.3 is 10.1 Å². The molecule has 0 unspecified atom stereocenters. The van der Waals surface area contributed by atoms with Crippen LogP contribution in [0.3, 0.4) is 0 Å². The first-order valence-electron chi connectivity index (χ1n) is 5.74. The number of hydrogen-bond donors (Lipinski definition) is 1. The Labute approximate surface area is 99.9 Å². The molecule has 1 aliphatic rings. The maximum Gasteiger partial charge on any atom is 0.310 e. The molecule has 0 radical (unpaired) electrons. The molecular weight excluding hydrogens is 220 g/mol. The third-order valence-corrected chi connectivity index (χ3v) is 3.08. The SMILES string of the molecule is CC1(Oc2ccccc2[N+](=O)[O-])CCNCC1. The van der Waals surface area contributed by atoms with Gasteiger partial charge in [-0.25, -0.2) is 0 Å². The van der Waals surface area contributed by atoms with Crippen LogP contribution in [0.4, 0.5) is 5.69 Å². The van der Waals surface area contributed by atoms with E-state index in [0.717, 1.165) is 25.9 Å². The van der Waals surface area contributed by atoms with E-state index >= 15 is 0 Å².